The zero-order valence-corrected chi connectivity index (χ0v) is 27.4. The maximum absolute atomic E-state index is 16.1. The number of nitrogens with one attached hydrogen (secondary N) is 2. The Labute approximate surface area is 268 Å². The molecule has 0 saturated carbocycles. The Morgan fingerprint density at radius 3 is 2.73 bits per heavy atom. The number of halogens is 2. The van der Waals surface area contributed by atoms with Crippen molar-refractivity contribution < 1.29 is 32.8 Å². The van der Waals surface area contributed by atoms with Crippen LogP contribution in [0.15, 0.2) is 48.8 Å². The number of nitrogens with zero attached hydrogens (tertiary/aromatic N) is 4. The molecule has 4 aromatic rings. The first-order chi connectivity index (χ1) is 21.3. The molecule has 0 radical (unpaired) electrons. The second-order valence-corrected chi connectivity index (χ2v) is 14.2. The fourth-order valence-corrected chi connectivity index (χ4v) is 7.68. The molecule has 1 aliphatic rings. The van der Waals surface area contributed by atoms with Gasteiger partial charge in [-0.1, -0.05) is 36.4 Å². The highest BCUT2D eigenvalue weighted by atomic mass is 35.5. The van der Waals surface area contributed by atoms with E-state index in [0.717, 1.165) is 10.8 Å². The van der Waals surface area contributed by atoms with Crippen molar-refractivity contribution in [2.75, 3.05) is 30.6 Å². The van der Waals surface area contributed by atoms with Gasteiger partial charge in [0.05, 0.1) is 31.3 Å². The lowest BCUT2D eigenvalue weighted by molar-refractivity contribution is -0.203. The van der Waals surface area contributed by atoms with Crippen LogP contribution in [0.1, 0.15) is 33.4 Å². The van der Waals surface area contributed by atoms with Gasteiger partial charge in [-0.15, -0.1) is 11.6 Å². The zero-order valence-electron chi connectivity index (χ0n) is 24.9. The van der Waals surface area contributed by atoms with Gasteiger partial charge in [0.2, 0.25) is 11.8 Å². The molecule has 5 atom stereocenters. The van der Waals surface area contributed by atoms with Crippen LogP contribution in [0, 0.1) is 0 Å². The summed E-state index contributed by atoms with van der Waals surface area (Å²) in [5.74, 6) is -3.43. The Morgan fingerprint density at radius 1 is 1.29 bits per heavy atom. The second-order valence-electron chi connectivity index (χ2n) is 10.8. The van der Waals surface area contributed by atoms with Gasteiger partial charge in [-0.05, 0) is 44.0 Å². The molecule has 0 bridgehead atoms. The monoisotopic (exact) mass is 681 g/mol. The zero-order chi connectivity index (χ0) is 32.6. The summed E-state index contributed by atoms with van der Waals surface area (Å²) in [5, 5.41) is 18.5. The molecule has 1 unspecified atom stereocenters. The third kappa shape index (κ3) is 6.70. The number of esters is 1. The summed E-state index contributed by atoms with van der Waals surface area (Å²) < 4.78 is 41.4. The van der Waals surface area contributed by atoms with Gasteiger partial charge in [-0.25, -0.2) is 14.5 Å². The van der Waals surface area contributed by atoms with Crippen molar-refractivity contribution in [2.24, 2.45) is 0 Å². The van der Waals surface area contributed by atoms with Crippen molar-refractivity contribution in [2.45, 2.75) is 57.0 Å². The van der Waals surface area contributed by atoms with E-state index in [1.165, 1.54) is 10.9 Å². The van der Waals surface area contributed by atoms with Crippen LogP contribution in [-0.4, -0.2) is 73.7 Å². The number of fused-ring (bicyclic) bond motifs is 2. The number of alkyl halides is 2. The minimum atomic E-state index is -3.70. The number of anilines is 2. The van der Waals surface area contributed by atoms with E-state index >= 15 is 4.39 Å². The molecule has 5 N–H and O–H groups in total. The average Bonchev–Trinajstić information content (AvgIpc) is 3.53. The Balaban J connectivity index is 1.46. The number of aliphatic hydroxyl groups is 1. The van der Waals surface area contributed by atoms with Crippen LogP contribution in [0.2, 0.25) is 0 Å². The van der Waals surface area contributed by atoms with Crippen molar-refractivity contribution in [1.29, 1.82) is 0 Å². The summed E-state index contributed by atoms with van der Waals surface area (Å²) in [6.45, 7) is 0.632. The molecule has 1 saturated heterocycles. The number of hydrogen-bond donors (Lipinski definition) is 4. The van der Waals surface area contributed by atoms with E-state index in [9.17, 15) is 9.90 Å². The Morgan fingerprint density at radius 2 is 2.02 bits per heavy atom. The summed E-state index contributed by atoms with van der Waals surface area (Å²) in [7, 11) is 1.64. The van der Waals surface area contributed by atoms with Crippen LogP contribution < -0.4 is 20.7 Å². The highest BCUT2D eigenvalue weighted by molar-refractivity contribution is 8.09. The first-order valence-corrected chi connectivity index (χ1v) is 17.2. The molecular weight excluding hydrogens is 648 g/mol. The third-order valence-electron chi connectivity index (χ3n) is 7.20. The molecule has 0 amide bonds. The van der Waals surface area contributed by atoms with Crippen LogP contribution in [0.3, 0.4) is 0 Å². The van der Waals surface area contributed by atoms with Gasteiger partial charge in [-0.3, -0.25) is 9.36 Å². The van der Waals surface area contributed by atoms with Crippen LogP contribution in [0.25, 0.3) is 21.9 Å². The molecule has 2 aromatic heterocycles. The lowest BCUT2D eigenvalue weighted by Crippen LogP contribution is -2.53. The second kappa shape index (κ2) is 12.9. The van der Waals surface area contributed by atoms with Crippen molar-refractivity contribution in [3.63, 3.8) is 0 Å². The number of hydrogen-bond acceptors (Lipinski definition) is 12. The van der Waals surface area contributed by atoms with Gasteiger partial charge in [0, 0.05) is 12.4 Å². The summed E-state index contributed by atoms with van der Waals surface area (Å²) in [6.07, 6.45) is -0.668. The van der Waals surface area contributed by atoms with Gasteiger partial charge in [0.15, 0.2) is 22.6 Å². The molecular formula is C28H34ClFN7O6PS. The molecule has 0 spiro atoms. The summed E-state index contributed by atoms with van der Waals surface area (Å²) in [5.41, 5.74) is 4.37. The molecule has 5 rings (SSSR count). The fourth-order valence-electron chi connectivity index (χ4n) is 4.91. The Bertz CT molecular complexity index is 1760. The van der Waals surface area contributed by atoms with Gasteiger partial charge in [-0.2, -0.15) is 9.97 Å². The number of imidazole rings is 1. The van der Waals surface area contributed by atoms with Crippen molar-refractivity contribution in [1.82, 2.24) is 24.6 Å². The lowest BCUT2D eigenvalue weighted by Gasteiger charge is -2.35. The average molecular weight is 682 g/mol. The third-order valence-corrected chi connectivity index (χ3v) is 10.1. The summed E-state index contributed by atoms with van der Waals surface area (Å²) >= 11 is 12.2. The van der Waals surface area contributed by atoms with E-state index in [2.05, 4.69) is 25.4 Å². The summed E-state index contributed by atoms with van der Waals surface area (Å²) in [6, 6.07) is 11.9. The molecule has 1 fully saturated rings. The standard InChI is InChI=1S/C28H34ClFN7O6PS/c1-16(2)41-25(38)17(3)36-44(45,43-20-11-7-9-18-8-5-6-10-19(18)20)40-14-27(13-29)28(30,39)12-21(42-27)37-15-33-22-23(32-4)34-26(31)35-24(22)37/h5-11,15-17,21,39H,12-14H2,1-4H3,(H,36,45)(H3,31,32,34,35)/t17-,21-,27-,28+,44?/m1/s1. The van der Waals surface area contributed by atoms with E-state index in [4.69, 9.17) is 47.7 Å². The highest BCUT2D eigenvalue weighted by Gasteiger charge is 2.61. The fraction of sp³-hybridized carbons (Fsp3) is 0.429. The smallest absolute Gasteiger partial charge is 0.323 e. The first kappa shape index (κ1) is 33.2. The molecule has 2 aromatic carbocycles. The number of ether oxygens (including phenoxy) is 2. The number of nitrogens with two attached hydrogens (primary N) is 1. The predicted octanol–water partition coefficient (Wildman–Crippen LogP) is 4.41. The first-order valence-electron chi connectivity index (χ1n) is 14.0. The molecule has 242 valence electrons. The molecule has 0 aliphatic carbocycles. The van der Waals surface area contributed by atoms with Crippen LogP contribution in [0.4, 0.5) is 16.2 Å². The van der Waals surface area contributed by atoms with Crippen molar-refractivity contribution in [3.8, 4) is 5.75 Å². The van der Waals surface area contributed by atoms with Gasteiger partial charge in [0.25, 0.3) is 0 Å². The maximum Gasteiger partial charge on any atom is 0.323 e. The van der Waals surface area contributed by atoms with Crippen LogP contribution >= 0.6 is 18.2 Å². The van der Waals surface area contributed by atoms with E-state index in [1.54, 1.807) is 40.0 Å². The number of benzene rings is 2. The molecule has 45 heavy (non-hydrogen) atoms. The quantitative estimate of drug-likeness (QED) is 0.0944. The number of nitrogen functional groups attached to an aromatic ring is 1. The van der Waals surface area contributed by atoms with E-state index in [-0.39, 0.29) is 17.7 Å². The van der Waals surface area contributed by atoms with E-state index < -0.39 is 55.2 Å². The van der Waals surface area contributed by atoms with Crippen LogP contribution in [-0.2, 0) is 30.6 Å². The molecule has 1 aliphatic heterocycles. The Kier molecular flexibility index (Phi) is 9.53. The molecule has 3 heterocycles. The molecule has 13 nitrogen and oxygen atoms in total. The van der Waals surface area contributed by atoms with Gasteiger partial charge < -0.3 is 34.7 Å². The van der Waals surface area contributed by atoms with E-state index in [1.807, 2.05) is 30.3 Å². The molecule has 17 heteroatoms. The Hall–Kier alpha value is -3.17. The highest BCUT2D eigenvalue weighted by Crippen LogP contribution is 2.52. The lowest BCUT2D eigenvalue weighted by atomic mass is 9.97. The number of carbonyl (C=O) groups excluding carboxylic acids is 1. The predicted molar refractivity (Wildman–Crippen MR) is 172 cm³/mol. The SMILES string of the molecule is CNc1nc(N)nc2c1ncn2[C@H]1C[C@@](O)(F)[C@@](CCl)(COP(=S)(N[C@H](C)C(=O)OC(C)C)Oc2cccc3ccccc23)O1. The van der Waals surface area contributed by atoms with Crippen molar-refractivity contribution in [3.05, 3.63) is 48.8 Å². The maximum atomic E-state index is 16.1. The van der Waals surface area contributed by atoms with Crippen molar-refractivity contribution >= 4 is 69.7 Å². The van der Waals surface area contributed by atoms with Crippen LogP contribution in [0.5, 0.6) is 5.75 Å². The topological polar surface area (TPSA) is 168 Å². The van der Waals surface area contributed by atoms with E-state index in [0.29, 0.717) is 17.1 Å². The number of carbonyl (C=O) groups is 1. The van der Waals surface area contributed by atoms with Gasteiger partial charge >= 0.3 is 12.6 Å². The number of rotatable bonds is 12. The minimum absolute atomic E-state index is 0.0449. The normalized spacial score (nSPS) is 23.7. The minimum Gasteiger partial charge on any atom is -0.462 e. The number of aromatic nitrogens is 4. The largest absolute Gasteiger partial charge is 0.462 e. The van der Waals surface area contributed by atoms with Gasteiger partial charge in [0.1, 0.15) is 18.0 Å². The summed E-state index contributed by atoms with van der Waals surface area (Å²) in [4.78, 5) is 25.4.